The van der Waals surface area contributed by atoms with Crippen LogP contribution in [0.15, 0.2) is 66.9 Å². The molecule has 0 aliphatic carbocycles. The maximum Gasteiger partial charge on any atom is 0.144 e. The molecule has 134 valence electrons. The average molecular weight is 351 g/mol. The number of phenols is 1. The Bertz CT molecular complexity index is 816. The van der Waals surface area contributed by atoms with Gasteiger partial charge in [0.1, 0.15) is 41.0 Å². The average Bonchev–Trinajstić information content (AvgIpc) is 2.68. The second-order valence-electron chi connectivity index (χ2n) is 5.65. The minimum atomic E-state index is 0.206. The summed E-state index contributed by atoms with van der Waals surface area (Å²) in [6.07, 6.45) is 2.67. The summed E-state index contributed by atoms with van der Waals surface area (Å²) < 4.78 is 17.2. The highest BCUT2D eigenvalue weighted by molar-refractivity contribution is 5.37. The lowest BCUT2D eigenvalue weighted by atomic mass is 10.3. The lowest BCUT2D eigenvalue weighted by Crippen LogP contribution is -2.04. The Morgan fingerprint density at radius 2 is 1.50 bits per heavy atom. The quantitative estimate of drug-likeness (QED) is 0.622. The van der Waals surface area contributed by atoms with Crippen LogP contribution in [0.1, 0.15) is 19.0 Å². The summed E-state index contributed by atoms with van der Waals surface area (Å²) in [7, 11) is 0. The van der Waals surface area contributed by atoms with Gasteiger partial charge in [0.05, 0.1) is 6.61 Å². The Labute approximate surface area is 152 Å². The summed E-state index contributed by atoms with van der Waals surface area (Å²) >= 11 is 0. The van der Waals surface area contributed by atoms with E-state index in [4.69, 9.17) is 14.2 Å². The van der Waals surface area contributed by atoms with Gasteiger partial charge in [0.15, 0.2) is 0 Å². The van der Waals surface area contributed by atoms with Crippen molar-refractivity contribution in [3.05, 3.63) is 72.6 Å². The molecule has 1 aromatic heterocycles. The third-order valence-corrected chi connectivity index (χ3v) is 3.58. The van der Waals surface area contributed by atoms with Gasteiger partial charge in [-0.2, -0.15) is 0 Å². The molecule has 5 nitrogen and oxygen atoms in total. The van der Waals surface area contributed by atoms with E-state index in [2.05, 4.69) is 11.9 Å². The fourth-order valence-corrected chi connectivity index (χ4v) is 2.28. The number of rotatable bonds is 8. The molecule has 0 saturated heterocycles. The summed E-state index contributed by atoms with van der Waals surface area (Å²) in [5.74, 6) is 3.02. The molecule has 3 rings (SSSR count). The van der Waals surface area contributed by atoms with E-state index >= 15 is 0 Å². The van der Waals surface area contributed by atoms with Crippen molar-refractivity contribution >= 4 is 0 Å². The van der Waals surface area contributed by atoms with Crippen LogP contribution >= 0.6 is 0 Å². The molecule has 0 saturated carbocycles. The third kappa shape index (κ3) is 4.89. The molecule has 0 radical (unpaired) electrons. The monoisotopic (exact) mass is 351 g/mol. The number of hydrogen-bond acceptors (Lipinski definition) is 5. The van der Waals surface area contributed by atoms with Gasteiger partial charge in [0, 0.05) is 6.20 Å². The molecule has 0 aliphatic heterocycles. The predicted molar refractivity (Wildman–Crippen MR) is 99.0 cm³/mol. The first-order valence-electron chi connectivity index (χ1n) is 8.51. The maximum absolute atomic E-state index is 9.29. The lowest BCUT2D eigenvalue weighted by Gasteiger charge is -2.11. The number of ether oxygens (including phenoxy) is 3. The lowest BCUT2D eigenvalue weighted by molar-refractivity contribution is 0.274. The van der Waals surface area contributed by atoms with Gasteiger partial charge in [0.25, 0.3) is 0 Å². The maximum atomic E-state index is 9.29. The van der Waals surface area contributed by atoms with E-state index in [1.165, 1.54) is 0 Å². The Hall–Kier alpha value is -3.21. The zero-order valence-electron chi connectivity index (χ0n) is 14.6. The van der Waals surface area contributed by atoms with Gasteiger partial charge < -0.3 is 19.3 Å². The fourth-order valence-electron chi connectivity index (χ4n) is 2.28. The van der Waals surface area contributed by atoms with Crippen molar-refractivity contribution in [1.82, 2.24) is 4.98 Å². The summed E-state index contributed by atoms with van der Waals surface area (Å²) in [5.41, 5.74) is 0.769. The highest BCUT2D eigenvalue weighted by atomic mass is 16.5. The molecular weight excluding hydrogens is 330 g/mol. The van der Waals surface area contributed by atoms with Crippen LogP contribution in [0.4, 0.5) is 0 Å². The zero-order valence-corrected chi connectivity index (χ0v) is 14.6. The highest BCUT2D eigenvalue weighted by Gasteiger charge is 2.06. The molecule has 0 atom stereocenters. The van der Waals surface area contributed by atoms with Crippen molar-refractivity contribution in [2.45, 2.75) is 20.0 Å². The number of phenolic OH excluding ortho intramolecular Hbond substituents is 1. The van der Waals surface area contributed by atoms with Crippen molar-refractivity contribution in [3.8, 4) is 28.7 Å². The second kappa shape index (κ2) is 8.76. The van der Waals surface area contributed by atoms with Gasteiger partial charge in [-0.05, 0) is 67.1 Å². The molecule has 1 heterocycles. The molecule has 3 aromatic rings. The van der Waals surface area contributed by atoms with Gasteiger partial charge in [-0.15, -0.1) is 0 Å². The molecule has 0 spiro atoms. The van der Waals surface area contributed by atoms with E-state index in [1.54, 1.807) is 30.5 Å². The molecule has 0 aliphatic rings. The van der Waals surface area contributed by atoms with E-state index in [-0.39, 0.29) is 5.75 Å². The number of pyridine rings is 1. The van der Waals surface area contributed by atoms with Crippen molar-refractivity contribution in [3.63, 3.8) is 0 Å². The topological polar surface area (TPSA) is 60.8 Å². The van der Waals surface area contributed by atoms with Gasteiger partial charge in [-0.25, -0.2) is 0 Å². The van der Waals surface area contributed by atoms with Crippen LogP contribution in [0.2, 0.25) is 0 Å². The number of benzene rings is 2. The van der Waals surface area contributed by atoms with Crippen LogP contribution < -0.4 is 14.2 Å². The summed E-state index contributed by atoms with van der Waals surface area (Å²) in [6, 6.07) is 17.7. The Balaban J connectivity index is 1.59. The largest absolute Gasteiger partial charge is 0.508 e. The number of aromatic nitrogens is 1. The molecular formula is C21H21NO4. The first kappa shape index (κ1) is 17.6. The van der Waals surface area contributed by atoms with Gasteiger partial charge in [-0.3, -0.25) is 4.98 Å². The molecule has 0 unspecified atom stereocenters. The van der Waals surface area contributed by atoms with E-state index in [0.717, 1.165) is 23.6 Å². The van der Waals surface area contributed by atoms with Crippen LogP contribution in [0.5, 0.6) is 28.7 Å². The van der Waals surface area contributed by atoms with Crippen LogP contribution in [0.25, 0.3) is 0 Å². The molecule has 26 heavy (non-hydrogen) atoms. The highest BCUT2D eigenvalue weighted by Crippen LogP contribution is 2.26. The first-order chi connectivity index (χ1) is 12.7. The molecule has 0 bridgehead atoms. The summed E-state index contributed by atoms with van der Waals surface area (Å²) in [4.78, 5) is 4.33. The third-order valence-electron chi connectivity index (χ3n) is 3.58. The minimum Gasteiger partial charge on any atom is -0.508 e. The van der Waals surface area contributed by atoms with E-state index in [9.17, 15) is 5.11 Å². The second-order valence-corrected chi connectivity index (χ2v) is 5.65. The van der Waals surface area contributed by atoms with E-state index in [1.807, 2.05) is 36.4 Å². The van der Waals surface area contributed by atoms with Gasteiger partial charge >= 0.3 is 0 Å². The van der Waals surface area contributed by atoms with Crippen LogP contribution in [-0.2, 0) is 6.61 Å². The van der Waals surface area contributed by atoms with E-state index < -0.39 is 0 Å². The molecule has 5 heteroatoms. The Kier molecular flexibility index (Phi) is 5.93. The normalized spacial score (nSPS) is 10.3. The fraction of sp³-hybridized carbons (Fsp3) is 0.190. The minimum absolute atomic E-state index is 0.206. The van der Waals surface area contributed by atoms with Crippen molar-refractivity contribution < 1.29 is 19.3 Å². The van der Waals surface area contributed by atoms with Crippen molar-refractivity contribution in [2.24, 2.45) is 0 Å². The number of nitrogens with zero attached hydrogens (tertiary/aromatic N) is 1. The molecule has 1 N–H and O–H groups in total. The van der Waals surface area contributed by atoms with E-state index in [0.29, 0.717) is 24.7 Å². The predicted octanol–water partition coefficient (Wildman–Crippen LogP) is 4.95. The van der Waals surface area contributed by atoms with Crippen molar-refractivity contribution in [1.29, 1.82) is 0 Å². The van der Waals surface area contributed by atoms with Crippen molar-refractivity contribution in [2.75, 3.05) is 6.61 Å². The van der Waals surface area contributed by atoms with Gasteiger partial charge in [0.2, 0.25) is 0 Å². The molecule has 0 fully saturated rings. The van der Waals surface area contributed by atoms with Crippen LogP contribution in [0, 0.1) is 0 Å². The Morgan fingerprint density at radius 1 is 0.846 bits per heavy atom. The van der Waals surface area contributed by atoms with Crippen LogP contribution in [0.3, 0.4) is 0 Å². The first-order valence-corrected chi connectivity index (χ1v) is 8.51. The SMILES string of the molecule is CCCOc1cccnc1COc1ccc(Oc2ccc(O)cc2)cc1. The smallest absolute Gasteiger partial charge is 0.144 e. The van der Waals surface area contributed by atoms with Crippen LogP contribution in [-0.4, -0.2) is 16.7 Å². The molecule has 0 amide bonds. The Morgan fingerprint density at radius 3 is 2.19 bits per heavy atom. The molecule has 2 aromatic carbocycles. The standard InChI is InChI=1S/C21H21NO4/c1-2-14-24-21-4-3-13-22-20(21)15-25-17-9-11-19(12-10-17)26-18-7-5-16(23)6-8-18/h3-13,23H,2,14-15H2,1H3. The summed E-state index contributed by atoms with van der Waals surface area (Å²) in [6.45, 7) is 3.05. The zero-order chi connectivity index (χ0) is 18.2. The number of aromatic hydroxyl groups is 1. The summed E-state index contributed by atoms with van der Waals surface area (Å²) in [5, 5.41) is 9.29. The van der Waals surface area contributed by atoms with Gasteiger partial charge in [-0.1, -0.05) is 6.92 Å². The number of hydrogen-bond donors (Lipinski definition) is 1.